The molecule has 2 nitrogen and oxygen atoms in total. The van der Waals surface area contributed by atoms with Crippen LogP contribution in [0.15, 0.2) is 18.2 Å². The van der Waals surface area contributed by atoms with Gasteiger partial charge >= 0.3 is 0 Å². The standard InChI is InChI=1S/C16H23ClO2/c1-3-12-4-7-14(8-5-12)19-15-9-6-13(11-17)10-16(15)18-2/h6,9-10,12,14H,3-5,7-8,11H2,1-2H3. The van der Waals surface area contributed by atoms with Crippen molar-refractivity contribution in [2.75, 3.05) is 7.11 Å². The highest BCUT2D eigenvalue weighted by Crippen LogP contribution is 2.34. The van der Waals surface area contributed by atoms with Gasteiger partial charge in [0.1, 0.15) is 0 Å². The second kappa shape index (κ2) is 7.04. The number of methoxy groups -OCH3 is 1. The topological polar surface area (TPSA) is 18.5 Å². The summed E-state index contributed by atoms with van der Waals surface area (Å²) < 4.78 is 11.5. The van der Waals surface area contributed by atoms with Crippen molar-refractivity contribution in [3.05, 3.63) is 23.8 Å². The average Bonchev–Trinajstić information content (AvgIpc) is 2.48. The number of hydrogen-bond acceptors (Lipinski definition) is 2. The molecule has 1 aromatic carbocycles. The molecule has 0 radical (unpaired) electrons. The Morgan fingerprint density at radius 3 is 2.47 bits per heavy atom. The van der Waals surface area contributed by atoms with Crippen molar-refractivity contribution < 1.29 is 9.47 Å². The number of benzene rings is 1. The molecule has 0 amide bonds. The lowest BCUT2D eigenvalue weighted by Gasteiger charge is -2.28. The summed E-state index contributed by atoms with van der Waals surface area (Å²) in [4.78, 5) is 0. The molecule has 2 rings (SSSR count). The average molecular weight is 283 g/mol. The third-order valence-corrected chi connectivity index (χ3v) is 4.36. The summed E-state index contributed by atoms with van der Waals surface area (Å²) in [5, 5.41) is 0. The molecule has 0 heterocycles. The lowest BCUT2D eigenvalue weighted by Crippen LogP contribution is -2.24. The monoisotopic (exact) mass is 282 g/mol. The Bertz CT molecular complexity index is 398. The molecule has 3 heteroatoms. The predicted molar refractivity (Wildman–Crippen MR) is 79.2 cm³/mol. The minimum atomic E-state index is 0.332. The van der Waals surface area contributed by atoms with Crippen LogP contribution in [0.2, 0.25) is 0 Å². The van der Waals surface area contributed by atoms with Crippen molar-refractivity contribution >= 4 is 11.6 Å². The molecule has 1 aromatic rings. The predicted octanol–water partition coefficient (Wildman–Crippen LogP) is 4.78. The molecule has 0 N–H and O–H groups in total. The summed E-state index contributed by atoms with van der Waals surface area (Å²) in [6.07, 6.45) is 6.49. The molecule has 106 valence electrons. The highest BCUT2D eigenvalue weighted by molar-refractivity contribution is 6.17. The Kier molecular flexibility index (Phi) is 5.38. The van der Waals surface area contributed by atoms with Crippen molar-refractivity contribution in [3.63, 3.8) is 0 Å². The van der Waals surface area contributed by atoms with E-state index in [0.717, 1.165) is 35.8 Å². The molecular weight excluding hydrogens is 260 g/mol. The van der Waals surface area contributed by atoms with Crippen molar-refractivity contribution in [1.82, 2.24) is 0 Å². The van der Waals surface area contributed by atoms with Crippen molar-refractivity contribution in [3.8, 4) is 11.5 Å². The first-order valence-electron chi connectivity index (χ1n) is 7.16. The molecule has 1 fully saturated rings. The summed E-state index contributed by atoms with van der Waals surface area (Å²) >= 11 is 5.84. The zero-order valence-electron chi connectivity index (χ0n) is 11.8. The first-order valence-corrected chi connectivity index (χ1v) is 7.69. The molecule has 0 bridgehead atoms. The van der Waals surface area contributed by atoms with Gasteiger partial charge in [-0.2, -0.15) is 0 Å². The summed E-state index contributed by atoms with van der Waals surface area (Å²) in [5.74, 6) is 3.02. The quantitative estimate of drug-likeness (QED) is 0.724. The lowest BCUT2D eigenvalue weighted by atomic mass is 9.86. The van der Waals surface area contributed by atoms with Gasteiger partial charge in [-0.1, -0.05) is 19.4 Å². The van der Waals surface area contributed by atoms with Gasteiger partial charge in [0.25, 0.3) is 0 Å². The Balaban J connectivity index is 1.99. The van der Waals surface area contributed by atoms with E-state index in [9.17, 15) is 0 Å². The second-order valence-corrected chi connectivity index (χ2v) is 5.55. The summed E-state index contributed by atoms with van der Waals surface area (Å²) in [5.41, 5.74) is 1.06. The summed E-state index contributed by atoms with van der Waals surface area (Å²) in [6, 6.07) is 5.94. The summed E-state index contributed by atoms with van der Waals surface area (Å²) in [6.45, 7) is 2.28. The fourth-order valence-corrected chi connectivity index (χ4v) is 2.90. The first-order chi connectivity index (χ1) is 9.26. The van der Waals surface area contributed by atoms with Gasteiger partial charge in [-0.05, 0) is 49.3 Å². The fourth-order valence-electron chi connectivity index (χ4n) is 2.73. The van der Waals surface area contributed by atoms with Crippen LogP contribution in [-0.4, -0.2) is 13.2 Å². The van der Waals surface area contributed by atoms with E-state index < -0.39 is 0 Å². The van der Waals surface area contributed by atoms with Crippen molar-refractivity contribution in [1.29, 1.82) is 0 Å². The van der Waals surface area contributed by atoms with Gasteiger partial charge in [0.2, 0.25) is 0 Å². The SMILES string of the molecule is CCC1CCC(Oc2ccc(CCl)cc2OC)CC1. The number of hydrogen-bond donors (Lipinski definition) is 0. The Morgan fingerprint density at radius 1 is 1.16 bits per heavy atom. The molecule has 0 atom stereocenters. The summed E-state index contributed by atoms with van der Waals surface area (Å²) in [7, 11) is 1.67. The number of ether oxygens (including phenoxy) is 2. The Labute approximate surface area is 121 Å². The van der Waals surface area contributed by atoms with Gasteiger partial charge in [0, 0.05) is 5.88 Å². The molecule has 0 spiro atoms. The zero-order chi connectivity index (χ0) is 13.7. The molecular formula is C16H23ClO2. The molecule has 1 aliphatic rings. The molecule has 1 saturated carbocycles. The van der Waals surface area contributed by atoms with E-state index in [1.807, 2.05) is 18.2 Å². The van der Waals surface area contributed by atoms with E-state index >= 15 is 0 Å². The third-order valence-electron chi connectivity index (χ3n) is 4.05. The molecule has 0 saturated heterocycles. The fraction of sp³-hybridized carbons (Fsp3) is 0.625. The maximum absolute atomic E-state index is 6.10. The Hall–Kier alpha value is -0.890. The molecule has 0 aliphatic heterocycles. The van der Waals surface area contributed by atoms with Gasteiger partial charge < -0.3 is 9.47 Å². The van der Waals surface area contributed by atoms with Crippen LogP contribution in [0.4, 0.5) is 0 Å². The van der Waals surface area contributed by atoms with E-state index in [1.54, 1.807) is 7.11 Å². The van der Waals surface area contributed by atoms with Crippen molar-refractivity contribution in [2.24, 2.45) is 5.92 Å². The van der Waals surface area contributed by atoms with Crippen LogP contribution in [0.3, 0.4) is 0 Å². The van der Waals surface area contributed by atoms with Gasteiger partial charge in [0.05, 0.1) is 13.2 Å². The van der Waals surface area contributed by atoms with E-state index in [4.69, 9.17) is 21.1 Å². The number of rotatable bonds is 5. The minimum Gasteiger partial charge on any atom is -0.493 e. The van der Waals surface area contributed by atoms with Crippen LogP contribution >= 0.6 is 11.6 Å². The van der Waals surface area contributed by atoms with Gasteiger partial charge in [-0.25, -0.2) is 0 Å². The maximum Gasteiger partial charge on any atom is 0.161 e. The van der Waals surface area contributed by atoms with Gasteiger partial charge in [0.15, 0.2) is 11.5 Å². The van der Waals surface area contributed by atoms with E-state index in [2.05, 4.69) is 6.92 Å². The van der Waals surface area contributed by atoms with Crippen LogP contribution in [0.1, 0.15) is 44.6 Å². The van der Waals surface area contributed by atoms with Crippen LogP contribution < -0.4 is 9.47 Å². The molecule has 19 heavy (non-hydrogen) atoms. The van der Waals surface area contributed by atoms with E-state index in [0.29, 0.717) is 12.0 Å². The highest BCUT2D eigenvalue weighted by atomic mass is 35.5. The largest absolute Gasteiger partial charge is 0.493 e. The lowest BCUT2D eigenvalue weighted by molar-refractivity contribution is 0.126. The van der Waals surface area contributed by atoms with Crippen LogP contribution in [-0.2, 0) is 5.88 Å². The van der Waals surface area contributed by atoms with Crippen LogP contribution in [0.25, 0.3) is 0 Å². The van der Waals surface area contributed by atoms with E-state index in [1.165, 1.54) is 19.3 Å². The normalized spacial score (nSPS) is 23.1. The van der Waals surface area contributed by atoms with Crippen LogP contribution in [0, 0.1) is 5.92 Å². The van der Waals surface area contributed by atoms with Crippen LogP contribution in [0.5, 0.6) is 11.5 Å². The van der Waals surface area contributed by atoms with Gasteiger partial charge in [-0.3, -0.25) is 0 Å². The zero-order valence-corrected chi connectivity index (χ0v) is 12.6. The highest BCUT2D eigenvalue weighted by Gasteiger charge is 2.22. The molecule has 0 aromatic heterocycles. The Morgan fingerprint density at radius 2 is 1.89 bits per heavy atom. The van der Waals surface area contributed by atoms with E-state index in [-0.39, 0.29) is 0 Å². The molecule has 1 aliphatic carbocycles. The van der Waals surface area contributed by atoms with Crippen molar-refractivity contribution in [2.45, 2.75) is 51.0 Å². The van der Waals surface area contributed by atoms with Gasteiger partial charge in [-0.15, -0.1) is 11.6 Å². The number of halogens is 1. The third kappa shape index (κ3) is 3.79. The molecule has 0 unspecified atom stereocenters. The smallest absolute Gasteiger partial charge is 0.161 e. The number of alkyl halides is 1. The second-order valence-electron chi connectivity index (χ2n) is 5.29. The first kappa shape index (κ1) is 14.5. The minimum absolute atomic E-state index is 0.332. The maximum atomic E-state index is 6.10.